The molecule has 0 radical (unpaired) electrons. The second-order valence-corrected chi connectivity index (χ2v) is 2.39. The summed E-state index contributed by atoms with van der Waals surface area (Å²) in [5.41, 5.74) is 0. The third-order valence-corrected chi connectivity index (χ3v) is 0.660. The predicted molar refractivity (Wildman–Crippen MR) is 59.2 cm³/mol. The molecule has 0 bridgehead atoms. The van der Waals surface area contributed by atoms with Crippen LogP contribution < -0.4 is 0 Å². The van der Waals surface area contributed by atoms with Gasteiger partial charge in [0.1, 0.15) is 6.10 Å². The summed E-state index contributed by atoms with van der Waals surface area (Å²) in [6.45, 7) is 3.63. The molecule has 0 heterocycles. The molecule has 18 heavy (non-hydrogen) atoms. The van der Waals surface area contributed by atoms with E-state index < -0.39 is 24.0 Å². The Labute approximate surface area is 103 Å². The first-order valence-corrected chi connectivity index (χ1v) is 4.46. The zero-order valence-corrected chi connectivity index (χ0v) is 10.2. The van der Waals surface area contributed by atoms with E-state index in [1.807, 2.05) is 0 Å². The monoisotopic (exact) mass is 270 g/mol. The fourth-order valence-corrected chi connectivity index (χ4v) is 0. The van der Waals surface area contributed by atoms with Crippen molar-refractivity contribution in [3.63, 3.8) is 0 Å². The molecule has 0 aromatic heterocycles. The fourth-order valence-electron chi connectivity index (χ4n) is 0. The topological polar surface area (TPSA) is 169 Å². The lowest BCUT2D eigenvalue weighted by Crippen LogP contribution is -2.13. The molecule has 9 heteroatoms. The predicted octanol–water partition coefficient (Wildman–Crippen LogP) is -0.275. The van der Waals surface area contributed by atoms with Crippen molar-refractivity contribution in [1.82, 2.24) is 0 Å². The summed E-state index contributed by atoms with van der Waals surface area (Å²) in [7, 11) is 0. The van der Waals surface area contributed by atoms with Gasteiger partial charge in [0.15, 0.2) is 0 Å². The van der Waals surface area contributed by atoms with Gasteiger partial charge in [-0.05, 0) is 6.92 Å². The van der Waals surface area contributed by atoms with Crippen molar-refractivity contribution < 1.29 is 44.7 Å². The van der Waals surface area contributed by atoms with Crippen LogP contribution in [-0.4, -0.2) is 56.0 Å². The average Bonchev–Trinajstić information content (AvgIpc) is 2.18. The maximum Gasteiger partial charge on any atom is 0.332 e. The van der Waals surface area contributed by atoms with Gasteiger partial charge in [0.2, 0.25) is 0 Å². The molecule has 0 aromatic carbocycles. The number of aliphatic carboxylic acids is 3. The molecule has 0 aliphatic heterocycles. The third kappa shape index (κ3) is 155. The van der Waals surface area contributed by atoms with Crippen molar-refractivity contribution in [3.05, 3.63) is 0 Å². The van der Waals surface area contributed by atoms with Crippen LogP contribution in [0.25, 0.3) is 0 Å². The van der Waals surface area contributed by atoms with Crippen LogP contribution in [0.2, 0.25) is 0 Å². The smallest absolute Gasteiger partial charge is 0.332 e. The number of rotatable bonds is 2. The van der Waals surface area contributed by atoms with Crippen LogP contribution in [-0.2, 0) is 19.2 Å². The molecule has 0 amide bonds. The van der Waals surface area contributed by atoms with Gasteiger partial charge in [0.25, 0.3) is 12.4 Å². The van der Waals surface area contributed by atoms with Crippen molar-refractivity contribution in [2.45, 2.75) is 33.3 Å². The highest BCUT2D eigenvalue weighted by Gasteiger charge is 2.01. The first kappa shape index (κ1) is 24.9. The Balaban J connectivity index is -0.0000000750. The van der Waals surface area contributed by atoms with Crippen LogP contribution in [0, 0.1) is 0 Å². The van der Waals surface area contributed by atoms with Gasteiger partial charge in [-0.2, -0.15) is 0 Å². The van der Waals surface area contributed by atoms with Crippen molar-refractivity contribution in [2.75, 3.05) is 0 Å². The number of aliphatic hydroxyl groups is 1. The van der Waals surface area contributed by atoms with Crippen molar-refractivity contribution in [2.24, 2.45) is 0 Å². The second-order valence-electron chi connectivity index (χ2n) is 2.39. The third-order valence-electron chi connectivity index (χ3n) is 0.660. The lowest BCUT2D eigenvalue weighted by Gasteiger charge is -1.89. The minimum atomic E-state index is -1.23. The minimum absolute atomic E-state index is 0.222. The molecule has 0 aliphatic carbocycles. The van der Waals surface area contributed by atoms with Gasteiger partial charge < -0.3 is 25.5 Å². The number of carbonyl (C=O) groups is 4. The highest BCUT2D eigenvalue weighted by Crippen LogP contribution is 1.73. The van der Waals surface area contributed by atoms with Gasteiger partial charge >= 0.3 is 11.9 Å². The first-order valence-electron chi connectivity index (χ1n) is 4.46. The Kier molecular flexibility index (Phi) is 28.0. The zero-order valence-electron chi connectivity index (χ0n) is 10.2. The molecule has 0 saturated heterocycles. The number of hydrogen-bond donors (Lipinski definition) is 5. The molecule has 0 spiro atoms. The minimum Gasteiger partial charge on any atom is -0.483 e. The van der Waals surface area contributed by atoms with Gasteiger partial charge in [-0.15, -0.1) is 0 Å². The van der Waals surface area contributed by atoms with Gasteiger partial charge in [-0.1, -0.05) is 6.92 Å². The van der Waals surface area contributed by atoms with E-state index in [4.69, 9.17) is 35.1 Å². The van der Waals surface area contributed by atoms with E-state index in [-0.39, 0.29) is 12.9 Å². The summed E-state index contributed by atoms with van der Waals surface area (Å²) in [4.78, 5) is 36.2. The van der Waals surface area contributed by atoms with Crippen LogP contribution in [0.3, 0.4) is 0 Å². The molecule has 5 N–H and O–H groups in total. The molecule has 0 rings (SSSR count). The van der Waals surface area contributed by atoms with Crippen LogP contribution in [0.1, 0.15) is 27.2 Å². The first-order chi connectivity index (χ1) is 8.06. The zero-order chi connectivity index (χ0) is 15.7. The molecule has 1 atom stereocenters. The van der Waals surface area contributed by atoms with Crippen LogP contribution >= 0.6 is 0 Å². The van der Waals surface area contributed by atoms with Crippen molar-refractivity contribution in [1.29, 1.82) is 0 Å². The van der Waals surface area contributed by atoms with Crippen LogP contribution in [0.15, 0.2) is 0 Å². The Morgan fingerprint density at radius 1 is 1.17 bits per heavy atom. The Morgan fingerprint density at radius 3 is 1.28 bits per heavy atom. The largest absolute Gasteiger partial charge is 0.483 e. The van der Waals surface area contributed by atoms with Gasteiger partial charge in [-0.3, -0.25) is 14.4 Å². The lowest BCUT2D eigenvalue weighted by atomic mass is 10.4. The van der Waals surface area contributed by atoms with E-state index >= 15 is 0 Å². The molecule has 0 saturated carbocycles. The summed E-state index contributed by atoms with van der Waals surface area (Å²) < 4.78 is 0. The molecule has 0 aliphatic rings. The maximum absolute atomic E-state index is 9.45. The van der Waals surface area contributed by atoms with Crippen molar-refractivity contribution >= 4 is 24.4 Å². The molecule has 108 valence electrons. The van der Waals surface area contributed by atoms with Crippen molar-refractivity contribution in [3.8, 4) is 0 Å². The van der Waals surface area contributed by atoms with E-state index in [1.54, 1.807) is 6.92 Å². The number of hydrogen-bond acceptors (Lipinski definition) is 5. The van der Waals surface area contributed by atoms with Gasteiger partial charge in [-0.25, -0.2) is 4.79 Å². The summed E-state index contributed by atoms with van der Waals surface area (Å²) in [6.07, 6.45) is -1.01. The SMILES string of the molecule is CC(=O)O.CC(O)C(=O)O.CCC(=O)O.O=CO. The van der Waals surface area contributed by atoms with E-state index in [9.17, 15) is 9.59 Å². The Hall–Kier alpha value is -2.16. The number of carboxylic acids is 3. The fraction of sp³-hybridized carbons (Fsp3) is 0.556. The van der Waals surface area contributed by atoms with E-state index in [0.717, 1.165) is 6.92 Å². The number of aliphatic hydroxyl groups excluding tert-OH is 1. The van der Waals surface area contributed by atoms with E-state index in [1.165, 1.54) is 6.92 Å². The van der Waals surface area contributed by atoms with E-state index in [2.05, 4.69) is 0 Å². The van der Waals surface area contributed by atoms with Crippen LogP contribution in [0.4, 0.5) is 0 Å². The normalized spacial score (nSPS) is 8.67. The molecule has 1 unspecified atom stereocenters. The summed E-state index contributed by atoms with van der Waals surface area (Å²) in [5.74, 6) is -2.76. The molecule has 0 fully saturated rings. The van der Waals surface area contributed by atoms with Gasteiger partial charge in [0.05, 0.1) is 0 Å². The summed E-state index contributed by atoms with van der Waals surface area (Å²) in [5, 5.41) is 37.8. The second kappa shape index (κ2) is 20.3. The molecular weight excluding hydrogens is 252 g/mol. The summed E-state index contributed by atoms with van der Waals surface area (Å²) >= 11 is 0. The quantitative estimate of drug-likeness (QED) is 0.423. The van der Waals surface area contributed by atoms with E-state index in [0.29, 0.717) is 0 Å². The van der Waals surface area contributed by atoms with Crippen LogP contribution in [0.5, 0.6) is 0 Å². The molecule has 0 aromatic rings. The average molecular weight is 270 g/mol. The Morgan fingerprint density at radius 2 is 1.28 bits per heavy atom. The van der Waals surface area contributed by atoms with Gasteiger partial charge in [0, 0.05) is 13.3 Å². The number of carboxylic acid groups (broad SMARTS) is 4. The standard InChI is InChI=1S/C3H6O3.C3H6O2.C2H4O2.CH2O2/c1-2(4)3(5)6;1-2-3(4)5;1-2(3)4;2-1-3/h2,4H,1H3,(H,5,6);2H2,1H3,(H,4,5);1H3,(H,3,4);1H,(H,2,3). The highest BCUT2D eigenvalue weighted by atomic mass is 16.4. The Bertz CT molecular complexity index is 230. The lowest BCUT2D eigenvalue weighted by molar-refractivity contribution is -0.145. The molecule has 9 nitrogen and oxygen atoms in total. The highest BCUT2D eigenvalue weighted by molar-refractivity contribution is 5.71. The molecular formula is C9H18O9. The maximum atomic E-state index is 9.45. The summed E-state index contributed by atoms with van der Waals surface area (Å²) in [6, 6.07) is 0.